The van der Waals surface area contributed by atoms with E-state index in [0.29, 0.717) is 25.4 Å². The molecule has 2 amide bonds. The normalized spacial score (nSPS) is 22.1. The van der Waals surface area contributed by atoms with Crippen LogP contribution in [0.15, 0.2) is 16.5 Å². The number of amides is 2. The van der Waals surface area contributed by atoms with Gasteiger partial charge in [-0.1, -0.05) is 0 Å². The Morgan fingerprint density at radius 3 is 2.90 bits per heavy atom. The summed E-state index contributed by atoms with van der Waals surface area (Å²) < 4.78 is 5.28. The van der Waals surface area contributed by atoms with Gasteiger partial charge in [0.1, 0.15) is 18.4 Å². The number of aliphatic hydroxyl groups excluding tert-OH is 1. The minimum atomic E-state index is -0.519. The first-order valence-electron chi connectivity index (χ1n) is 7.20. The van der Waals surface area contributed by atoms with Crippen LogP contribution >= 0.6 is 0 Å². The molecule has 1 aliphatic heterocycles. The summed E-state index contributed by atoms with van der Waals surface area (Å²) in [5.41, 5.74) is 0. The molecule has 2 heterocycles. The molecule has 7 nitrogen and oxygen atoms in total. The monoisotopic (exact) mass is 293 g/mol. The van der Waals surface area contributed by atoms with E-state index in [1.54, 1.807) is 6.07 Å². The molecule has 2 fully saturated rings. The maximum Gasteiger partial charge on any atom is 0.290 e. The van der Waals surface area contributed by atoms with Gasteiger partial charge in [-0.25, -0.2) is 0 Å². The van der Waals surface area contributed by atoms with Gasteiger partial charge in [-0.3, -0.25) is 9.59 Å². The minimum absolute atomic E-state index is 0.119. The van der Waals surface area contributed by atoms with Gasteiger partial charge in [-0.2, -0.15) is 0 Å². The number of carbonyl (C=O) groups is 2. The fraction of sp³-hybridized carbons (Fsp3) is 0.571. The molecule has 21 heavy (non-hydrogen) atoms. The van der Waals surface area contributed by atoms with E-state index < -0.39 is 6.04 Å². The topological polar surface area (TPSA) is 94.8 Å². The third-order valence-corrected chi connectivity index (χ3v) is 3.76. The Labute approximate surface area is 122 Å². The summed E-state index contributed by atoms with van der Waals surface area (Å²) in [6, 6.07) is 2.84. The van der Waals surface area contributed by atoms with Crippen LogP contribution in [0.2, 0.25) is 0 Å². The molecule has 1 aliphatic carbocycles. The Morgan fingerprint density at radius 1 is 1.43 bits per heavy atom. The SMILES string of the molecule is O=C(NC1CC1)[C@H]1CNCCN1C(=O)c1ccc(CO)o1. The molecule has 1 atom stereocenters. The van der Waals surface area contributed by atoms with Crippen molar-refractivity contribution in [3.8, 4) is 0 Å². The van der Waals surface area contributed by atoms with Crippen LogP contribution in [0, 0.1) is 0 Å². The zero-order chi connectivity index (χ0) is 14.8. The molecule has 7 heteroatoms. The predicted octanol–water partition coefficient (Wildman–Crippen LogP) is -0.535. The first-order valence-corrected chi connectivity index (χ1v) is 7.20. The summed E-state index contributed by atoms with van der Waals surface area (Å²) >= 11 is 0. The highest BCUT2D eigenvalue weighted by molar-refractivity contribution is 5.96. The van der Waals surface area contributed by atoms with E-state index in [1.807, 2.05) is 0 Å². The number of rotatable bonds is 4. The number of furan rings is 1. The Balaban J connectivity index is 1.73. The highest BCUT2D eigenvalue weighted by Gasteiger charge is 2.36. The second kappa shape index (κ2) is 5.87. The third kappa shape index (κ3) is 3.08. The van der Waals surface area contributed by atoms with E-state index in [9.17, 15) is 9.59 Å². The molecule has 0 unspecified atom stereocenters. The number of piperazine rings is 1. The molecule has 0 spiro atoms. The van der Waals surface area contributed by atoms with Gasteiger partial charge in [0.25, 0.3) is 5.91 Å². The summed E-state index contributed by atoms with van der Waals surface area (Å²) in [7, 11) is 0. The lowest BCUT2D eigenvalue weighted by Crippen LogP contribution is -2.59. The number of aliphatic hydroxyl groups is 1. The highest BCUT2D eigenvalue weighted by atomic mass is 16.4. The van der Waals surface area contributed by atoms with Crippen molar-refractivity contribution in [2.45, 2.75) is 31.5 Å². The smallest absolute Gasteiger partial charge is 0.290 e. The lowest BCUT2D eigenvalue weighted by Gasteiger charge is -2.34. The molecular formula is C14H19N3O4. The zero-order valence-electron chi connectivity index (χ0n) is 11.7. The largest absolute Gasteiger partial charge is 0.453 e. The van der Waals surface area contributed by atoms with Gasteiger partial charge in [0.05, 0.1) is 0 Å². The van der Waals surface area contributed by atoms with E-state index in [2.05, 4.69) is 10.6 Å². The molecule has 3 rings (SSSR count). The Bertz CT molecular complexity index is 538. The van der Waals surface area contributed by atoms with E-state index in [-0.39, 0.29) is 30.2 Å². The molecule has 0 bridgehead atoms. The number of carbonyl (C=O) groups excluding carboxylic acids is 2. The average molecular weight is 293 g/mol. The van der Waals surface area contributed by atoms with Crippen LogP contribution in [0.3, 0.4) is 0 Å². The summed E-state index contributed by atoms with van der Waals surface area (Å²) in [5.74, 6) is 0.0665. The van der Waals surface area contributed by atoms with Crippen molar-refractivity contribution >= 4 is 11.8 Å². The number of hydrogen-bond donors (Lipinski definition) is 3. The minimum Gasteiger partial charge on any atom is -0.453 e. The first-order chi connectivity index (χ1) is 10.2. The van der Waals surface area contributed by atoms with E-state index in [4.69, 9.17) is 9.52 Å². The molecule has 1 aromatic rings. The van der Waals surface area contributed by atoms with Crippen molar-refractivity contribution < 1.29 is 19.1 Å². The van der Waals surface area contributed by atoms with Crippen LogP contribution in [0.4, 0.5) is 0 Å². The van der Waals surface area contributed by atoms with Crippen molar-refractivity contribution in [3.05, 3.63) is 23.7 Å². The number of nitrogens with one attached hydrogen (secondary N) is 2. The molecule has 114 valence electrons. The molecule has 1 saturated carbocycles. The number of nitrogens with zero attached hydrogens (tertiary/aromatic N) is 1. The highest BCUT2D eigenvalue weighted by Crippen LogP contribution is 2.20. The summed E-state index contributed by atoms with van der Waals surface area (Å²) in [4.78, 5) is 26.3. The van der Waals surface area contributed by atoms with Gasteiger partial charge in [-0.15, -0.1) is 0 Å². The van der Waals surface area contributed by atoms with Gasteiger partial charge < -0.3 is 25.1 Å². The van der Waals surface area contributed by atoms with Crippen molar-refractivity contribution in [2.24, 2.45) is 0 Å². The predicted molar refractivity (Wildman–Crippen MR) is 73.5 cm³/mol. The van der Waals surface area contributed by atoms with Crippen molar-refractivity contribution in [1.29, 1.82) is 0 Å². The maximum atomic E-state index is 12.5. The van der Waals surface area contributed by atoms with E-state index in [1.165, 1.54) is 11.0 Å². The maximum absolute atomic E-state index is 12.5. The molecule has 3 N–H and O–H groups in total. The van der Waals surface area contributed by atoms with Gasteiger partial charge in [-0.05, 0) is 25.0 Å². The summed E-state index contributed by atoms with van der Waals surface area (Å²) in [6.45, 7) is 1.29. The first kappa shape index (κ1) is 14.1. The van der Waals surface area contributed by atoms with Gasteiger partial charge in [0.2, 0.25) is 5.91 Å². The number of hydrogen-bond acceptors (Lipinski definition) is 5. The van der Waals surface area contributed by atoms with Crippen LogP contribution in [0.1, 0.15) is 29.2 Å². The Morgan fingerprint density at radius 2 is 2.24 bits per heavy atom. The summed E-state index contributed by atoms with van der Waals surface area (Å²) in [5, 5.41) is 15.1. The van der Waals surface area contributed by atoms with Crippen LogP contribution < -0.4 is 10.6 Å². The van der Waals surface area contributed by atoms with Gasteiger partial charge >= 0.3 is 0 Å². The Kier molecular flexibility index (Phi) is 3.94. The van der Waals surface area contributed by atoms with Gasteiger partial charge in [0, 0.05) is 25.7 Å². The quantitative estimate of drug-likeness (QED) is 0.693. The van der Waals surface area contributed by atoms with Gasteiger partial charge in [0.15, 0.2) is 5.76 Å². The molecule has 0 radical (unpaired) electrons. The molecule has 1 saturated heterocycles. The third-order valence-electron chi connectivity index (χ3n) is 3.76. The van der Waals surface area contributed by atoms with Crippen molar-refractivity contribution in [3.63, 3.8) is 0 Å². The molecule has 1 aromatic heterocycles. The van der Waals surface area contributed by atoms with Crippen LogP contribution in [-0.2, 0) is 11.4 Å². The van der Waals surface area contributed by atoms with Crippen LogP contribution in [0.5, 0.6) is 0 Å². The van der Waals surface area contributed by atoms with Crippen LogP contribution in [-0.4, -0.2) is 53.5 Å². The van der Waals surface area contributed by atoms with E-state index >= 15 is 0 Å². The van der Waals surface area contributed by atoms with E-state index in [0.717, 1.165) is 12.8 Å². The fourth-order valence-electron chi connectivity index (χ4n) is 2.43. The van der Waals surface area contributed by atoms with Crippen LogP contribution in [0.25, 0.3) is 0 Å². The molecule has 0 aromatic carbocycles. The average Bonchev–Trinajstić information content (AvgIpc) is 3.19. The molecular weight excluding hydrogens is 274 g/mol. The fourth-order valence-corrected chi connectivity index (χ4v) is 2.43. The lowest BCUT2D eigenvalue weighted by molar-refractivity contribution is -0.126. The standard InChI is InChI=1S/C14H19N3O4/c18-8-10-3-4-12(21-10)14(20)17-6-5-15-7-11(17)13(19)16-9-1-2-9/h3-4,9,11,15,18H,1-2,5-8H2,(H,16,19)/t11-/m1/s1. The summed E-state index contributed by atoms with van der Waals surface area (Å²) in [6.07, 6.45) is 2.02. The van der Waals surface area contributed by atoms with Crippen molar-refractivity contribution in [2.75, 3.05) is 19.6 Å². The lowest BCUT2D eigenvalue weighted by atomic mass is 10.1. The van der Waals surface area contributed by atoms with Crippen molar-refractivity contribution in [1.82, 2.24) is 15.5 Å². The zero-order valence-corrected chi connectivity index (χ0v) is 11.7. The molecule has 2 aliphatic rings. The second-order valence-electron chi connectivity index (χ2n) is 5.43. The second-order valence-corrected chi connectivity index (χ2v) is 5.43. The Hall–Kier alpha value is -1.86.